The second kappa shape index (κ2) is 8.44. The second-order valence-corrected chi connectivity index (χ2v) is 8.83. The maximum atomic E-state index is 12.4. The Morgan fingerprint density at radius 3 is 2.26 bits per heavy atom. The largest absolute Gasteiger partial charge is 0.462 e. The van der Waals surface area contributed by atoms with Gasteiger partial charge in [0.25, 0.3) is 0 Å². The lowest BCUT2D eigenvalue weighted by molar-refractivity contribution is -0.183. The Labute approximate surface area is 161 Å². The van der Waals surface area contributed by atoms with E-state index in [1.165, 1.54) is 6.92 Å². The lowest BCUT2D eigenvalue weighted by Gasteiger charge is -2.38. The van der Waals surface area contributed by atoms with Crippen molar-refractivity contribution in [2.45, 2.75) is 84.3 Å². The predicted octanol–water partition coefficient (Wildman–Crippen LogP) is 3.72. The van der Waals surface area contributed by atoms with E-state index in [4.69, 9.17) is 14.2 Å². The summed E-state index contributed by atoms with van der Waals surface area (Å²) in [6, 6.07) is 0. The number of esters is 3. The smallest absolute Gasteiger partial charge is 0.344 e. The van der Waals surface area contributed by atoms with E-state index in [1.807, 2.05) is 20.8 Å². The van der Waals surface area contributed by atoms with Crippen LogP contribution in [0.4, 0.5) is 0 Å². The van der Waals surface area contributed by atoms with Gasteiger partial charge in [0.2, 0.25) is 0 Å². The second-order valence-electron chi connectivity index (χ2n) is 8.83. The van der Waals surface area contributed by atoms with Crippen LogP contribution in [0.1, 0.15) is 72.6 Å². The number of rotatable bonds is 6. The monoisotopic (exact) mass is 380 g/mol. The van der Waals surface area contributed by atoms with E-state index in [1.54, 1.807) is 0 Å². The van der Waals surface area contributed by atoms with Crippen molar-refractivity contribution in [1.29, 1.82) is 0 Å². The van der Waals surface area contributed by atoms with Gasteiger partial charge in [-0.15, -0.1) is 0 Å². The highest BCUT2D eigenvalue weighted by molar-refractivity contribution is 5.88. The molecule has 152 valence electrons. The Morgan fingerprint density at radius 2 is 1.70 bits per heavy atom. The summed E-state index contributed by atoms with van der Waals surface area (Å²) in [5.41, 5.74) is -0.960. The van der Waals surface area contributed by atoms with Crippen LogP contribution in [0.25, 0.3) is 0 Å². The van der Waals surface area contributed by atoms with Gasteiger partial charge in [0.15, 0.2) is 6.61 Å². The first kappa shape index (κ1) is 21.5. The molecule has 0 spiro atoms. The fourth-order valence-corrected chi connectivity index (χ4v) is 4.01. The van der Waals surface area contributed by atoms with Crippen LogP contribution < -0.4 is 0 Å². The molecule has 0 saturated heterocycles. The van der Waals surface area contributed by atoms with Crippen molar-refractivity contribution in [3.63, 3.8) is 0 Å². The molecule has 27 heavy (non-hydrogen) atoms. The van der Waals surface area contributed by atoms with Gasteiger partial charge in [-0.2, -0.15) is 0 Å². The van der Waals surface area contributed by atoms with Gasteiger partial charge in [-0.1, -0.05) is 6.58 Å². The average molecular weight is 380 g/mol. The molecule has 0 aromatic carbocycles. The highest BCUT2D eigenvalue weighted by Gasteiger charge is 2.51. The molecule has 2 saturated carbocycles. The summed E-state index contributed by atoms with van der Waals surface area (Å²) in [5, 5.41) is 0. The lowest BCUT2D eigenvalue weighted by atomic mass is 9.82. The van der Waals surface area contributed by atoms with E-state index in [9.17, 15) is 14.4 Å². The van der Waals surface area contributed by atoms with E-state index < -0.39 is 29.6 Å². The van der Waals surface area contributed by atoms with Gasteiger partial charge in [-0.05, 0) is 72.6 Å². The third kappa shape index (κ3) is 5.33. The Kier molecular flexibility index (Phi) is 6.71. The zero-order valence-electron chi connectivity index (χ0n) is 17.0. The molecule has 2 atom stereocenters. The Balaban J connectivity index is 2.05. The highest BCUT2D eigenvalue weighted by atomic mass is 16.6. The Bertz CT molecular complexity index is 594. The molecule has 0 aliphatic heterocycles. The van der Waals surface area contributed by atoms with Gasteiger partial charge < -0.3 is 14.2 Å². The van der Waals surface area contributed by atoms with Crippen molar-refractivity contribution >= 4 is 17.9 Å². The Morgan fingerprint density at radius 1 is 1.07 bits per heavy atom. The van der Waals surface area contributed by atoms with Crippen LogP contribution in [-0.2, 0) is 28.6 Å². The highest BCUT2D eigenvalue weighted by Crippen LogP contribution is 2.48. The third-order valence-corrected chi connectivity index (χ3v) is 5.44. The van der Waals surface area contributed by atoms with Gasteiger partial charge in [0.05, 0.1) is 5.41 Å². The molecule has 6 heteroatoms. The summed E-state index contributed by atoms with van der Waals surface area (Å²) in [6.07, 6.45) is 5.79. The van der Waals surface area contributed by atoms with E-state index in [-0.39, 0.29) is 23.6 Å². The molecule has 2 aliphatic carbocycles. The van der Waals surface area contributed by atoms with Crippen molar-refractivity contribution < 1.29 is 28.6 Å². The van der Waals surface area contributed by atoms with E-state index >= 15 is 0 Å². The standard InChI is InChI=1S/C21H32O6/c1-14(2)18(23)25-13-17(22)27-21(11-6-7-12-21)15-9-8-10-16(15)26-19(24)20(3,4)5/h15-16H,1,6-13H2,2-5H3. The summed E-state index contributed by atoms with van der Waals surface area (Å²) in [5.74, 6) is -1.40. The van der Waals surface area contributed by atoms with Gasteiger partial charge in [-0.25, -0.2) is 9.59 Å². The third-order valence-electron chi connectivity index (χ3n) is 5.44. The summed E-state index contributed by atoms with van der Waals surface area (Å²) in [6.45, 7) is 10.1. The first-order valence-electron chi connectivity index (χ1n) is 9.81. The summed E-state index contributed by atoms with van der Waals surface area (Å²) in [4.78, 5) is 36.2. The summed E-state index contributed by atoms with van der Waals surface area (Å²) < 4.78 is 16.6. The van der Waals surface area contributed by atoms with Gasteiger partial charge in [0, 0.05) is 11.5 Å². The van der Waals surface area contributed by atoms with Crippen LogP contribution in [0, 0.1) is 11.3 Å². The van der Waals surface area contributed by atoms with E-state index in [0.29, 0.717) is 0 Å². The molecule has 2 rings (SSSR count). The number of carbonyl (C=O) groups excluding carboxylic acids is 3. The lowest BCUT2D eigenvalue weighted by Crippen LogP contribution is -2.46. The summed E-state index contributed by atoms with van der Waals surface area (Å²) in [7, 11) is 0. The molecule has 0 bridgehead atoms. The van der Waals surface area contributed by atoms with Crippen molar-refractivity contribution in [3.05, 3.63) is 12.2 Å². The predicted molar refractivity (Wildman–Crippen MR) is 99.7 cm³/mol. The maximum absolute atomic E-state index is 12.4. The normalized spacial score (nSPS) is 24.3. The number of carbonyl (C=O) groups is 3. The van der Waals surface area contributed by atoms with Crippen molar-refractivity contribution in [1.82, 2.24) is 0 Å². The molecule has 0 amide bonds. The maximum Gasteiger partial charge on any atom is 0.344 e. The number of hydrogen-bond donors (Lipinski definition) is 0. The van der Waals surface area contributed by atoms with Gasteiger partial charge in [-0.3, -0.25) is 4.79 Å². The van der Waals surface area contributed by atoms with E-state index in [0.717, 1.165) is 44.9 Å². The molecular formula is C21H32O6. The molecule has 0 aromatic heterocycles. The van der Waals surface area contributed by atoms with Crippen LogP contribution in [0.15, 0.2) is 12.2 Å². The molecule has 2 fully saturated rings. The first-order valence-corrected chi connectivity index (χ1v) is 9.81. The topological polar surface area (TPSA) is 78.9 Å². The minimum absolute atomic E-state index is 0.00732. The van der Waals surface area contributed by atoms with Crippen LogP contribution in [0.2, 0.25) is 0 Å². The SMILES string of the molecule is C=C(C)C(=O)OCC(=O)OC1(C2CCCC2OC(=O)C(C)(C)C)CCCC1. The molecule has 0 aromatic rings. The van der Waals surface area contributed by atoms with Crippen LogP contribution in [0.3, 0.4) is 0 Å². The molecule has 0 heterocycles. The van der Waals surface area contributed by atoms with Crippen LogP contribution >= 0.6 is 0 Å². The zero-order chi connectivity index (χ0) is 20.2. The fraction of sp³-hybridized carbons (Fsp3) is 0.762. The minimum atomic E-state index is -0.633. The molecular weight excluding hydrogens is 348 g/mol. The Hall–Kier alpha value is -1.85. The zero-order valence-corrected chi connectivity index (χ0v) is 17.0. The molecule has 6 nitrogen and oxygen atoms in total. The average Bonchev–Trinajstić information content (AvgIpc) is 3.21. The van der Waals surface area contributed by atoms with Crippen molar-refractivity contribution in [2.75, 3.05) is 6.61 Å². The van der Waals surface area contributed by atoms with Crippen LogP contribution in [0.5, 0.6) is 0 Å². The number of hydrogen-bond acceptors (Lipinski definition) is 6. The molecule has 0 radical (unpaired) electrons. The fourth-order valence-electron chi connectivity index (χ4n) is 4.01. The quantitative estimate of drug-likeness (QED) is 0.397. The summed E-state index contributed by atoms with van der Waals surface area (Å²) >= 11 is 0. The number of ether oxygens (including phenoxy) is 3. The van der Waals surface area contributed by atoms with Crippen molar-refractivity contribution in [3.8, 4) is 0 Å². The first-order chi connectivity index (χ1) is 12.5. The van der Waals surface area contributed by atoms with Crippen molar-refractivity contribution in [2.24, 2.45) is 11.3 Å². The van der Waals surface area contributed by atoms with E-state index in [2.05, 4.69) is 6.58 Å². The van der Waals surface area contributed by atoms with Gasteiger partial charge in [0.1, 0.15) is 11.7 Å². The van der Waals surface area contributed by atoms with Gasteiger partial charge >= 0.3 is 17.9 Å². The molecule has 0 N–H and O–H groups in total. The van der Waals surface area contributed by atoms with Crippen LogP contribution in [-0.4, -0.2) is 36.2 Å². The molecule has 2 aliphatic rings. The molecule has 2 unspecified atom stereocenters. The minimum Gasteiger partial charge on any atom is -0.462 e.